The molecule has 1 aliphatic carbocycles. The summed E-state index contributed by atoms with van der Waals surface area (Å²) in [6, 6.07) is 9.35. The summed E-state index contributed by atoms with van der Waals surface area (Å²) in [5.74, 6) is -1.18. The Morgan fingerprint density at radius 2 is 1.95 bits per heavy atom. The summed E-state index contributed by atoms with van der Waals surface area (Å²) in [7, 11) is 0. The van der Waals surface area contributed by atoms with Gasteiger partial charge in [0.1, 0.15) is 5.56 Å². The molecule has 0 fully saturated rings. The molecule has 0 saturated carbocycles. The van der Waals surface area contributed by atoms with Crippen LogP contribution in [0.4, 0.5) is 0 Å². The fourth-order valence-corrected chi connectivity index (χ4v) is 2.94. The SMILES string of the molecule is Cc1ccc(C(=O)O)c(=O)n1Cc1ccc2c(c1)CCC2. The predicted octanol–water partition coefficient (Wildman–Crippen LogP) is 2.39. The van der Waals surface area contributed by atoms with Crippen molar-refractivity contribution in [2.75, 3.05) is 0 Å². The molecule has 4 nitrogen and oxygen atoms in total. The van der Waals surface area contributed by atoms with Crippen molar-refractivity contribution in [3.05, 3.63) is 68.6 Å². The predicted molar refractivity (Wildman–Crippen MR) is 80.0 cm³/mol. The van der Waals surface area contributed by atoms with Crippen molar-refractivity contribution in [3.8, 4) is 0 Å². The molecule has 3 rings (SSSR count). The number of hydrogen-bond acceptors (Lipinski definition) is 2. The zero-order valence-electron chi connectivity index (χ0n) is 11.9. The Kier molecular flexibility index (Phi) is 3.37. The van der Waals surface area contributed by atoms with Crippen LogP contribution in [0.25, 0.3) is 0 Å². The molecule has 1 aromatic heterocycles. The van der Waals surface area contributed by atoms with Gasteiger partial charge in [0.25, 0.3) is 5.56 Å². The number of aromatic carboxylic acids is 1. The molecule has 0 atom stereocenters. The van der Waals surface area contributed by atoms with E-state index < -0.39 is 11.5 Å². The van der Waals surface area contributed by atoms with Gasteiger partial charge in [-0.1, -0.05) is 18.2 Å². The van der Waals surface area contributed by atoms with Crippen molar-refractivity contribution >= 4 is 5.97 Å². The number of hydrogen-bond donors (Lipinski definition) is 1. The monoisotopic (exact) mass is 283 g/mol. The summed E-state index contributed by atoms with van der Waals surface area (Å²) in [6.45, 7) is 2.24. The Labute approximate surface area is 122 Å². The summed E-state index contributed by atoms with van der Waals surface area (Å²) >= 11 is 0. The van der Waals surface area contributed by atoms with Gasteiger partial charge >= 0.3 is 5.97 Å². The number of carboxylic acids is 1. The van der Waals surface area contributed by atoms with E-state index in [1.807, 2.05) is 13.0 Å². The standard InChI is InChI=1S/C17H17NO3/c1-11-5-8-15(17(20)21)16(19)18(11)10-12-6-7-13-3-2-4-14(13)9-12/h5-9H,2-4,10H2,1H3,(H,20,21). The maximum absolute atomic E-state index is 12.3. The highest BCUT2D eigenvalue weighted by Crippen LogP contribution is 2.23. The van der Waals surface area contributed by atoms with Gasteiger partial charge in [-0.05, 0) is 55.0 Å². The van der Waals surface area contributed by atoms with Crippen molar-refractivity contribution < 1.29 is 9.90 Å². The lowest BCUT2D eigenvalue weighted by molar-refractivity contribution is 0.0694. The highest BCUT2D eigenvalue weighted by atomic mass is 16.4. The minimum atomic E-state index is -1.18. The molecule has 0 bridgehead atoms. The molecular formula is C17H17NO3. The van der Waals surface area contributed by atoms with E-state index in [1.165, 1.54) is 28.2 Å². The summed E-state index contributed by atoms with van der Waals surface area (Å²) in [5, 5.41) is 9.06. The molecule has 4 heteroatoms. The Bertz CT molecular complexity index is 774. The third-order valence-corrected chi connectivity index (χ3v) is 4.13. The fraction of sp³-hybridized carbons (Fsp3) is 0.294. The second kappa shape index (κ2) is 5.20. The lowest BCUT2D eigenvalue weighted by atomic mass is 10.1. The van der Waals surface area contributed by atoms with Gasteiger partial charge in [-0.2, -0.15) is 0 Å². The quantitative estimate of drug-likeness (QED) is 0.941. The van der Waals surface area contributed by atoms with Crippen molar-refractivity contribution in [3.63, 3.8) is 0 Å². The van der Waals surface area contributed by atoms with Crippen LogP contribution >= 0.6 is 0 Å². The van der Waals surface area contributed by atoms with Gasteiger partial charge in [0.15, 0.2) is 0 Å². The van der Waals surface area contributed by atoms with Crippen molar-refractivity contribution in [1.82, 2.24) is 4.57 Å². The van der Waals surface area contributed by atoms with Crippen LogP contribution in [-0.2, 0) is 19.4 Å². The number of aryl methyl sites for hydroxylation is 3. The van der Waals surface area contributed by atoms with Gasteiger partial charge < -0.3 is 9.67 Å². The van der Waals surface area contributed by atoms with E-state index in [0.29, 0.717) is 6.54 Å². The number of rotatable bonds is 3. The maximum Gasteiger partial charge on any atom is 0.341 e. The Morgan fingerprint density at radius 3 is 2.71 bits per heavy atom. The van der Waals surface area contributed by atoms with E-state index in [-0.39, 0.29) is 5.56 Å². The molecule has 1 heterocycles. The van der Waals surface area contributed by atoms with Gasteiger partial charge in [0, 0.05) is 5.69 Å². The average Bonchev–Trinajstić information content (AvgIpc) is 2.90. The van der Waals surface area contributed by atoms with Gasteiger partial charge in [0.05, 0.1) is 6.54 Å². The van der Waals surface area contributed by atoms with Crippen LogP contribution in [0.5, 0.6) is 0 Å². The molecule has 1 aromatic carbocycles. The molecule has 2 aromatic rings. The van der Waals surface area contributed by atoms with Crippen molar-refractivity contribution in [2.24, 2.45) is 0 Å². The molecular weight excluding hydrogens is 266 g/mol. The topological polar surface area (TPSA) is 59.3 Å². The first-order chi connectivity index (χ1) is 10.1. The Hall–Kier alpha value is -2.36. The number of carboxylic acid groups (broad SMARTS) is 1. The lowest BCUT2D eigenvalue weighted by Gasteiger charge is -2.12. The highest BCUT2D eigenvalue weighted by Gasteiger charge is 2.14. The van der Waals surface area contributed by atoms with Gasteiger partial charge in [-0.25, -0.2) is 4.79 Å². The molecule has 1 aliphatic rings. The Balaban J connectivity index is 2.00. The van der Waals surface area contributed by atoms with Crippen LogP contribution in [0, 0.1) is 6.92 Å². The van der Waals surface area contributed by atoms with Gasteiger partial charge in [0.2, 0.25) is 0 Å². The zero-order valence-corrected chi connectivity index (χ0v) is 11.9. The van der Waals surface area contributed by atoms with Crippen LogP contribution in [0.1, 0.15) is 39.2 Å². The summed E-state index contributed by atoms with van der Waals surface area (Å²) in [4.78, 5) is 23.3. The fourth-order valence-electron chi connectivity index (χ4n) is 2.94. The Morgan fingerprint density at radius 1 is 1.19 bits per heavy atom. The number of carbonyl (C=O) groups is 1. The number of nitrogens with zero attached hydrogens (tertiary/aromatic N) is 1. The zero-order chi connectivity index (χ0) is 15.0. The van der Waals surface area contributed by atoms with Crippen LogP contribution in [0.3, 0.4) is 0 Å². The molecule has 0 saturated heterocycles. The summed E-state index contributed by atoms with van der Waals surface area (Å²) in [5.41, 5.74) is 3.94. The van der Waals surface area contributed by atoms with Gasteiger partial charge in [-0.15, -0.1) is 0 Å². The minimum Gasteiger partial charge on any atom is -0.477 e. The molecule has 0 spiro atoms. The molecule has 0 unspecified atom stereocenters. The van der Waals surface area contributed by atoms with Crippen LogP contribution in [0.2, 0.25) is 0 Å². The first-order valence-electron chi connectivity index (χ1n) is 7.10. The minimum absolute atomic E-state index is 0.179. The van der Waals surface area contributed by atoms with Crippen LogP contribution in [0.15, 0.2) is 35.1 Å². The third kappa shape index (κ3) is 2.49. The van der Waals surface area contributed by atoms with Crippen molar-refractivity contribution in [2.45, 2.75) is 32.7 Å². The molecule has 0 radical (unpaired) electrons. The normalized spacial score (nSPS) is 13.2. The molecule has 21 heavy (non-hydrogen) atoms. The number of pyridine rings is 1. The first kappa shape index (κ1) is 13.6. The van der Waals surface area contributed by atoms with Crippen molar-refractivity contribution in [1.29, 1.82) is 0 Å². The second-order valence-corrected chi connectivity index (χ2v) is 5.54. The van der Waals surface area contributed by atoms with E-state index in [4.69, 9.17) is 5.11 Å². The molecule has 0 amide bonds. The highest BCUT2D eigenvalue weighted by molar-refractivity contribution is 5.87. The van der Waals surface area contributed by atoms with E-state index >= 15 is 0 Å². The van der Waals surface area contributed by atoms with E-state index in [0.717, 1.165) is 24.1 Å². The number of aromatic nitrogens is 1. The lowest BCUT2D eigenvalue weighted by Crippen LogP contribution is -2.28. The first-order valence-corrected chi connectivity index (χ1v) is 7.10. The molecule has 108 valence electrons. The molecule has 1 N–H and O–H groups in total. The maximum atomic E-state index is 12.3. The third-order valence-electron chi connectivity index (χ3n) is 4.13. The van der Waals surface area contributed by atoms with Gasteiger partial charge in [-0.3, -0.25) is 4.79 Å². The largest absolute Gasteiger partial charge is 0.477 e. The second-order valence-electron chi connectivity index (χ2n) is 5.54. The summed E-state index contributed by atoms with van der Waals surface area (Å²) < 4.78 is 1.53. The average molecular weight is 283 g/mol. The smallest absolute Gasteiger partial charge is 0.341 e. The number of benzene rings is 1. The van der Waals surface area contributed by atoms with E-state index in [1.54, 1.807) is 6.07 Å². The van der Waals surface area contributed by atoms with Crippen LogP contribution in [-0.4, -0.2) is 15.6 Å². The summed E-state index contributed by atoms with van der Waals surface area (Å²) in [6.07, 6.45) is 3.40. The van der Waals surface area contributed by atoms with Crippen LogP contribution < -0.4 is 5.56 Å². The number of fused-ring (bicyclic) bond motifs is 1. The molecule has 0 aliphatic heterocycles. The van der Waals surface area contributed by atoms with E-state index in [2.05, 4.69) is 12.1 Å². The van der Waals surface area contributed by atoms with E-state index in [9.17, 15) is 9.59 Å².